The summed E-state index contributed by atoms with van der Waals surface area (Å²) in [5, 5.41) is 25.7. The van der Waals surface area contributed by atoms with Crippen molar-refractivity contribution in [3.05, 3.63) is 89.4 Å². The lowest BCUT2D eigenvalue weighted by Crippen LogP contribution is -2.15. The van der Waals surface area contributed by atoms with Crippen molar-refractivity contribution < 1.29 is 14.6 Å². The molecule has 2 aromatic carbocycles. The predicted molar refractivity (Wildman–Crippen MR) is 133 cm³/mol. The molecule has 0 unspecified atom stereocenters. The third kappa shape index (κ3) is 6.56. The van der Waals surface area contributed by atoms with E-state index in [2.05, 4.69) is 10.3 Å². The Morgan fingerprint density at radius 3 is 2.09 bits per heavy atom. The van der Waals surface area contributed by atoms with E-state index in [0.717, 1.165) is 34.3 Å². The summed E-state index contributed by atoms with van der Waals surface area (Å²) < 4.78 is 0. The van der Waals surface area contributed by atoms with Crippen LogP contribution < -0.4 is 5.32 Å². The van der Waals surface area contributed by atoms with Crippen LogP contribution in [0.5, 0.6) is 0 Å². The highest BCUT2D eigenvalue weighted by atomic mass is 79.9. The molecule has 3 rings (SSSR count). The second-order valence-electron chi connectivity index (χ2n) is 8.05. The summed E-state index contributed by atoms with van der Waals surface area (Å²) in [6, 6.07) is 10.2. The van der Waals surface area contributed by atoms with Crippen molar-refractivity contribution in [2.24, 2.45) is 0 Å². The predicted octanol–water partition coefficient (Wildman–Crippen LogP) is 6.33. The number of thiazole rings is 1. The van der Waals surface area contributed by atoms with Crippen molar-refractivity contribution in [3.8, 4) is 0 Å². The van der Waals surface area contributed by atoms with E-state index < -0.39 is 27.1 Å². The highest BCUT2D eigenvalue weighted by Crippen LogP contribution is 2.34. The Balaban J connectivity index is 0.00000385. The fourth-order valence-electron chi connectivity index (χ4n) is 3.01. The first kappa shape index (κ1) is 26.4. The molecular formula is C21H20BrClN4O5S. The molecule has 1 N–H and O–H groups in total. The van der Waals surface area contributed by atoms with Gasteiger partial charge in [-0.3, -0.25) is 30.3 Å². The van der Waals surface area contributed by atoms with Crippen LogP contribution >= 0.6 is 39.9 Å². The number of halogens is 2. The highest BCUT2D eigenvalue weighted by molar-refractivity contribution is 8.93. The topological polar surface area (TPSA) is 128 Å². The van der Waals surface area contributed by atoms with Gasteiger partial charge < -0.3 is 0 Å². The van der Waals surface area contributed by atoms with Gasteiger partial charge in [-0.25, -0.2) is 4.98 Å². The molecule has 0 fully saturated rings. The number of hydrogen-bond donors (Lipinski definition) is 1. The van der Waals surface area contributed by atoms with Crippen LogP contribution in [0.4, 0.5) is 16.5 Å². The van der Waals surface area contributed by atoms with Crippen molar-refractivity contribution in [1.29, 1.82) is 0 Å². The minimum Gasteiger partial charge on any atom is -0.298 e. The number of rotatable bonds is 6. The zero-order valence-corrected chi connectivity index (χ0v) is 21.1. The molecule has 0 radical (unpaired) electrons. The zero-order valence-electron chi connectivity index (χ0n) is 17.8. The average molecular weight is 556 g/mol. The Kier molecular flexibility index (Phi) is 8.28. The van der Waals surface area contributed by atoms with E-state index >= 15 is 0 Å². The first-order chi connectivity index (χ1) is 14.9. The average Bonchev–Trinajstić information content (AvgIpc) is 3.11. The van der Waals surface area contributed by atoms with Crippen LogP contribution in [0.3, 0.4) is 0 Å². The van der Waals surface area contributed by atoms with Crippen LogP contribution in [0.1, 0.15) is 47.3 Å². The summed E-state index contributed by atoms with van der Waals surface area (Å²) in [6.45, 7) is 6.01. The lowest BCUT2D eigenvalue weighted by atomic mass is 9.90. The lowest BCUT2D eigenvalue weighted by Gasteiger charge is -2.17. The Morgan fingerprint density at radius 2 is 1.61 bits per heavy atom. The summed E-state index contributed by atoms with van der Waals surface area (Å²) in [5.41, 5.74) is 0.252. The molecule has 0 aliphatic rings. The first-order valence-electron chi connectivity index (χ1n) is 9.44. The summed E-state index contributed by atoms with van der Waals surface area (Å²) in [6.07, 6.45) is 0.583. The first-order valence-corrected chi connectivity index (χ1v) is 10.6. The van der Waals surface area contributed by atoms with Crippen LogP contribution in [0.2, 0.25) is 5.02 Å². The number of carbonyl (C=O) groups excluding carboxylic acids is 1. The molecule has 0 atom stereocenters. The minimum atomic E-state index is -0.783. The highest BCUT2D eigenvalue weighted by Gasteiger charge is 2.25. The summed E-state index contributed by atoms with van der Waals surface area (Å²) in [5.74, 6) is -0.718. The third-order valence-corrected chi connectivity index (χ3v) is 5.72. The molecule has 174 valence electrons. The smallest absolute Gasteiger partial charge is 0.277 e. The summed E-state index contributed by atoms with van der Waals surface area (Å²) >= 11 is 7.24. The van der Waals surface area contributed by atoms with Crippen molar-refractivity contribution >= 4 is 62.3 Å². The Bertz CT molecular complexity index is 1180. The van der Waals surface area contributed by atoms with E-state index in [-0.39, 0.29) is 28.0 Å². The molecule has 0 spiro atoms. The van der Waals surface area contributed by atoms with E-state index in [1.165, 1.54) is 11.3 Å². The number of nitrogens with zero attached hydrogens (tertiary/aromatic N) is 3. The van der Waals surface area contributed by atoms with Gasteiger partial charge in [-0.05, 0) is 17.7 Å². The number of aromatic nitrogens is 1. The van der Waals surface area contributed by atoms with Gasteiger partial charge >= 0.3 is 0 Å². The fraction of sp³-hybridized carbons (Fsp3) is 0.238. The monoisotopic (exact) mass is 554 g/mol. The number of non-ortho nitro benzene ring substituents is 2. The van der Waals surface area contributed by atoms with Crippen molar-refractivity contribution in [2.75, 3.05) is 5.32 Å². The number of nitro benzene ring substituents is 2. The van der Waals surface area contributed by atoms with E-state index in [1.807, 2.05) is 32.9 Å². The number of carbonyl (C=O) groups is 1. The van der Waals surface area contributed by atoms with Gasteiger partial charge in [-0.15, -0.1) is 28.3 Å². The molecule has 0 saturated heterocycles. The number of anilines is 1. The SMILES string of the molecule is Br.CC(C)(C)c1nc(NC(=O)c2cc([N+](=O)[O-])cc([N+](=O)[O-])c2)sc1Cc1ccc(Cl)cc1. The molecular weight excluding hydrogens is 536 g/mol. The lowest BCUT2D eigenvalue weighted by molar-refractivity contribution is -0.394. The van der Waals surface area contributed by atoms with E-state index in [0.29, 0.717) is 16.6 Å². The largest absolute Gasteiger partial charge is 0.298 e. The van der Waals surface area contributed by atoms with Crippen LogP contribution in [0, 0.1) is 20.2 Å². The van der Waals surface area contributed by atoms with Gasteiger partial charge in [0.1, 0.15) is 0 Å². The quantitative estimate of drug-likeness (QED) is 0.279. The Hall–Kier alpha value is -2.89. The summed E-state index contributed by atoms with van der Waals surface area (Å²) in [4.78, 5) is 38.9. The van der Waals surface area contributed by atoms with Crippen molar-refractivity contribution in [3.63, 3.8) is 0 Å². The van der Waals surface area contributed by atoms with Gasteiger partial charge in [0.25, 0.3) is 17.3 Å². The van der Waals surface area contributed by atoms with Gasteiger partial charge in [0.05, 0.1) is 27.2 Å². The van der Waals surface area contributed by atoms with Gasteiger partial charge in [-0.2, -0.15) is 0 Å². The normalized spacial score (nSPS) is 10.9. The molecule has 0 saturated carbocycles. The molecule has 0 bridgehead atoms. The maximum Gasteiger partial charge on any atom is 0.277 e. The molecule has 0 aliphatic heterocycles. The molecule has 9 nitrogen and oxygen atoms in total. The second-order valence-corrected chi connectivity index (χ2v) is 9.57. The maximum atomic E-state index is 12.7. The van der Waals surface area contributed by atoms with E-state index in [1.54, 1.807) is 12.1 Å². The number of benzene rings is 2. The maximum absolute atomic E-state index is 12.7. The number of nitro groups is 2. The standard InChI is InChI=1S/C21H19ClN4O5S.BrH/c1-21(2,3)18-17(8-12-4-6-14(22)7-5-12)32-20(23-18)24-19(27)13-9-15(25(28)29)11-16(10-13)26(30)31;/h4-7,9-11H,8H2,1-3H3,(H,23,24,27);1H. The van der Waals surface area contributed by atoms with Crippen LogP contribution in [0.25, 0.3) is 0 Å². The molecule has 3 aromatic rings. The zero-order chi connectivity index (χ0) is 23.6. The Morgan fingerprint density at radius 1 is 1.06 bits per heavy atom. The fourth-order valence-corrected chi connectivity index (χ4v) is 4.33. The molecule has 1 heterocycles. The number of nitrogens with one attached hydrogen (secondary N) is 1. The molecule has 1 amide bonds. The van der Waals surface area contributed by atoms with E-state index in [4.69, 9.17) is 11.6 Å². The van der Waals surface area contributed by atoms with Gasteiger partial charge in [0.2, 0.25) is 0 Å². The third-order valence-electron chi connectivity index (χ3n) is 4.49. The molecule has 0 aliphatic carbocycles. The minimum absolute atomic E-state index is 0. The van der Waals surface area contributed by atoms with Gasteiger partial charge in [0, 0.05) is 33.9 Å². The van der Waals surface area contributed by atoms with Crippen molar-refractivity contribution in [1.82, 2.24) is 4.98 Å². The molecule has 1 aromatic heterocycles. The van der Waals surface area contributed by atoms with Gasteiger partial charge in [0.15, 0.2) is 5.13 Å². The molecule has 33 heavy (non-hydrogen) atoms. The summed E-state index contributed by atoms with van der Waals surface area (Å²) in [7, 11) is 0. The van der Waals surface area contributed by atoms with Crippen LogP contribution in [-0.2, 0) is 11.8 Å². The second kappa shape index (κ2) is 10.4. The van der Waals surface area contributed by atoms with Gasteiger partial charge in [-0.1, -0.05) is 44.5 Å². The Labute approximate surface area is 208 Å². The number of amides is 1. The number of hydrogen-bond acceptors (Lipinski definition) is 7. The van der Waals surface area contributed by atoms with Crippen LogP contribution in [0.15, 0.2) is 42.5 Å². The van der Waals surface area contributed by atoms with E-state index in [9.17, 15) is 25.0 Å². The van der Waals surface area contributed by atoms with Crippen molar-refractivity contribution in [2.45, 2.75) is 32.6 Å². The van der Waals surface area contributed by atoms with Crippen LogP contribution in [-0.4, -0.2) is 20.7 Å². The molecule has 12 heteroatoms.